The van der Waals surface area contributed by atoms with E-state index in [1.165, 1.54) is 28.6 Å². The maximum absolute atomic E-state index is 9.06. The zero-order valence-corrected chi connectivity index (χ0v) is 13.4. The van der Waals surface area contributed by atoms with Gasteiger partial charge in [0.25, 0.3) is 0 Å². The van der Waals surface area contributed by atoms with Gasteiger partial charge >= 0.3 is 0 Å². The average Bonchev–Trinajstić information content (AvgIpc) is 2.42. The van der Waals surface area contributed by atoms with Crippen molar-refractivity contribution in [3.63, 3.8) is 0 Å². The smallest absolute Gasteiger partial charge is 0.0558 e. The molecule has 0 amide bonds. The summed E-state index contributed by atoms with van der Waals surface area (Å²) in [6.07, 6.45) is 2.44. The minimum Gasteiger partial charge on any atom is -0.395 e. The van der Waals surface area contributed by atoms with Crippen molar-refractivity contribution in [3.8, 4) is 0 Å². The second-order valence-corrected chi connectivity index (χ2v) is 6.23. The van der Waals surface area contributed by atoms with Gasteiger partial charge in [-0.1, -0.05) is 22.0 Å². The second kappa shape index (κ2) is 6.73. The first-order chi connectivity index (χ1) is 9.11. The molecule has 1 fully saturated rings. The molecule has 1 aromatic carbocycles. The van der Waals surface area contributed by atoms with Crippen LogP contribution >= 0.6 is 15.9 Å². The van der Waals surface area contributed by atoms with Crippen molar-refractivity contribution in [2.24, 2.45) is 0 Å². The molecule has 2 rings (SSSR count). The number of aliphatic hydroxyl groups is 1. The molecule has 19 heavy (non-hydrogen) atoms. The minimum absolute atomic E-state index is 0.239. The van der Waals surface area contributed by atoms with E-state index < -0.39 is 0 Å². The van der Waals surface area contributed by atoms with Gasteiger partial charge in [-0.2, -0.15) is 0 Å². The number of halogens is 1. The standard InChI is InChI=1S/C15H23BrN2O/c1-12-5-6-13(10-15(12)16)18-7-3-4-14(11-18)17(2)8-9-19/h5-6,10,14,19H,3-4,7-9,11H2,1-2H3. The summed E-state index contributed by atoms with van der Waals surface area (Å²) < 4.78 is 1.18. The number of aliphatic hydroxyl groups excluding tert-OH is 1. The first-order valence-electron chi connectivity index (χ1n) is 6.94. The molecule has 0 bridgehead atoms. The lowest BCUT2D eigenvalue weighted by atomic mass is 10.0. The molecular formula is C15H23BrN2O. The molecule has 1 heterocycles. The molecule has 0 saturated carbocycles. The molecule has 4 heteroatoms. The average molecular weight is 327 g/mol. The number of benzene rings is 1. The highest BCUT2D eigenvalue weighted by molar-refractivity contribution is 9.10. The summed E-state index contributed by atoms with van der Waals surface area (Å²) >= 11 is 3.61. The van der Waals surface area contributed by atoms with E-state index in [-0.39, 0.29) is 6.61 Å². The van der Waals surface area contributed by atoms with Gasteiger partial charge in [0.1, 0.15) is 0 Å². The van der Waals surface area contributed by atoms with Crippen LogP contribution in [0.25, 0.3) is 0 Å². The van der Waals surface area contributed by atoms with Crippen LogP contribution in [0, 0.1) is 6.92 Å². The molecule has 1 unspecified atom stereocenters. The van der Waals surface area contributed by atoms with Crippen LogP contribution in [-0.2, 0) is 0 Å². The topological polar surface area (TPSA) is 26.7 Å². The van der Waals surface area contributed by atoms with Gasteiger partial charge in [-0.3, -0.25) is 4.90 Å². The van der Waals surface area contributed by atoms with E-state index in [1.54, 1.807) is 0 Å². The molecule has 0 radical (unpaired) electrons. The third-order valence-electron chi connectivity index (χ3n) is 3.99. The van der Waals surface area contributed by atoms with Gasteiger partial charge in [-0.05, 0) is 44.5 Å². The molecular weight excluding hydrogens is 304 g/mol. The molecule has 1 aliphatic heterocycles. The van der Waals surface area contributed by atoms with E-state index in [0.717, 1.165) is 19.6 Å². The van der Waals surface area contributed by atoms with Gasteiger partial charge in [0.05, 0.1) is 6.61 Å². The van der Waals surface area contributed by atoms with Gasteiger partial charge < -0.3 is 10.0 Å². The predicted molar refractivity (Wildman–Crippen MR) is 83.8 cm³/mol. The number of rotatable bonds is 4. The molecule has 1 saturated heterocycles. The fourth-order valence-corrected chi connectivity index (χ4v) is 3.03. The van der Waals surface area contributed by atoms with E-state index >= 15 is 0 Å². The minimum atomic E-state index is 0.239. The van der Waals surface area contributed by atoms with Gasteiger partial charge in [-0.15, -0.1) is 0 Å². The van der Waals surface area contributed by atoms with Crippen molar-refractivity contribution < 1.29 is 5.11 Å². The van der Waals surface area contributed by atoms with Crippen molar-refractivity contribution in [1.82, 2.24) is 4.90 Å². The molecule has 0 aromatic heterocycles. The van der Waals surface area contributed by atoms with Crippen LogP contribution in [0.5, 0.6) is 0 Å². The van der Waals surface area contributed by atoms with Crippen molar-refractivity contribution in [2.75, 3.05) is 38.2 Å². The number of hydrogen-bond acceptors (Lipinski definition) is 3. The normalized spacial score (nSPS) is 20.1. The summed E-state index contributed by atoms with van der Waals surface area (Å²) in [5, 5.41) is 9.06. The number of nitrogens with zero attached hydrogens (tertiary/aromatic N) is 2. The van der Waals surface area contributed by atoms with Crippen LogP contribution in [0.4, 0.5) is 5.69 Å². The highest BCUT2D eigenvalue weighted by Gasteiger charge is 2.23. The van der Waals surface area contributed by atoms with Gasteiger partial charge in [0.15, 0.2) is 0 Å². The molecule has 0 spiro atoms. The molecule has 1 aromatic rings. The first kappa shape index (κ1) is 14.8. The number of aryl methyl sites for hydroxylation is 1. The van der Waals surface area contributed by atoms with Crippen LogP contribution in [0.1, 0.15) is 18.4 Å². The molecule has 1 N–H and O–H groups in total. The van der Waals surface area contributed by atoms with Gasteiger partial charge in [0.2, 0.25) is 0 Å². The third kappa shape index (κ3) is 3.71. The molecule has 1 atom stereocenters. The summed E-state index contributed by atoms with van der Waals surface area (Å²) in [6.45, 7) is 5.28. The molecule has 3 nitrogen and oxygen atoms in total. The Morgan fingerprint density at radius 1 is 1.47 bits per heavy atom. The molecule has 0 aliphatic carbocycles. The lowest BCUT2D eigenvalue weighted by molar-refractivity contribution is 0.166. The quantitative estimate of drug-likeness (QED) is 0.921. The molecule has 1 aliphatic rings. The van der Waals surface area contributed by atoms with Crippen LogP contribution in [0.3, 0.4) is 0 Å². The van der Waals surface area contributed by atoms with Crippen LogP contribution < -0.4 is 4.90 Å². The Labute approximate surface area is 124 Å². The van der Waals surface area contributed by atoms with Crippen molar-refractivity contribution in [2.45, 2.75) is 25.8 Å². The van der Waals surface area contributed by atoms with E-state index in [0.29, 0.717) is 6.04 Å². The Kier molecular flexibility index (Phi) is 5.25. The fourth-order valence-electron chi connectivity index (χ4n) is 2.67. The van der Waals surface area contributed by atoms with Crippen molar-refractivity contribution >= 4 is 21.6 Å². The maximum atomic E-state index is 9.06. The van der Waals surface area contributed by atoms with Crippen LogP contribution in [0.2, 0.25) is 0 Å². The number of anilines is 1. The zero-order chi connectivity index (χ0) is 13.8. The maximum Gasteiger partial charge on any atom is 0.0558 e. The lowest BCUT2D eigenvalue weighted by Gasteiger charge is -2.38. The summed E-state index contributed by atoms with van der Waals surface area (Å²) in [6, 6.07) is 7.12. The Bertz CT molecular complexity index is 425. The largest absolute Gasteiger partial charge is 0.395 e. The van der Waals surface area contributed by atoms with E-state index in [9.17, 15) is 0 Å². The lowest BCUT2D eigenvalue weighted by Crippen LogP contribution is -2.47. The summed E-state index contributed by atoms with van der Waals surface area (Å²) in [5.41, 5.74) is 2.56. The SMILES string of the molecule is Cc1ccc(N2CCCC(N(C)CCO)C2)cc1Br. The van der Waals surface area contributed by atoms with Crippen molar-refractivity contribution in [3.05, 3.63) is 28.2 Å². The molecule has 106 valence electrons. The third-order valence-corrected chi connectivity index (χ3v) is 4.85. The number of likely N-dealkylation sites (N-methyl/N-ethyl adjacent to an activating group) is 1. The summed E-state index contributed by atoms with van der Waals surface area (Å²) in [4.78, 5) is 4.72. The zero-order valence-electron chi connectivity index (χ0n) is 11.8. The Hall–Kier alpha value is -0.580. The van der Waals surface area contributed by atoms with Gasteiger partial charge in [0, 0.05) is 35.8 Å². The monoisotopic (exact) mass is 326 g/mol. The van der Waals surface area contributed by atoms with E-state index in [4.69, 9.17) is 5.11 Å². The van der Waals surface area contributed by atoms with Crippen molar-refractivity contribution in [1.29, 1.82) is 0 Å². The summed E-state index contributed by atoms with van der Waals surface area (Å²) in [5.74, 6) is 0. The van der Waals surface area contributed by atoms with E-state index in [2.05, 4.69) is 57.9 Å². The number of hydrogen-bond donors (Lipinski definition) is 1. The highest BCUT2D eigenvalue weighted by atomic mass is 79.9. The first-order valence-corrected chi connectivity index (χ1v) is 7.73. The predicted octanol–water partition coefficient (Wildman–Crippen LogP) is 2.65. The Morgan fingerprint density at radius 3 is 2.95 bits per heavy atom. The highest BCUT2D eigenvalue weighted by Crippen LogP contribution is 2.26. The Morgan fingerprint density at radius 2 is 2.26 bits per heavy atom. The number of piperidine rings is 1. The van der Waals surface area contributed by atoms with E-state index in [1.807, 2.05) is 0 Å². The second-order valence-electron chi connectivity index (χ2n) is 5.38. The summed E-state index contributed by atoms with van der Waals surface area (Å²) in [7, 11) is 2.11. The fraction of sp³-hybridized carbons (Fsp3) is 0.600. The van der Waals surface area contributed by atoms with Crippen LogP contribution in [-0.4, -0.2) is 49.3 Å². The van der Waals surface area contributed by atoms with Gasteiger partial charge in [-0.25, -0.2) is 0 Å². The Balaban J connectivity index is 2.06. The van der Waals surface area contributed by atoms with Crippen LogP contribution in [0.15, 0.2) is 22.7 Å².